The predicted molar refractivity (Wildman–Crippen MR) is 118 cm³/mol. The van der Waals surface area contributed by atoms with E-state index in [-0.39, 0.29) is 5.78 Å². The topological polar surface area (TPSA) is 34.9 Å². The fraction of sp³-hybridized carbons (Fsp3) is 0.0769. The van der Waals surface area contributed by atoms with Gasteiger partial charge in [-0.05, 0) is 38.1 Å². The Kier molecular flexibility index (Phi) is 5.21. The smallest absolute Gasteiger partial charge is 0.185 e. The normalized spacial score (nSPS) is 11.1. The molecule has 0 spiro atoms. The van der Waals surface area contributed by atoms with Crippen LogP contribution in [0, 0.1) is 13.8 Å². The van der Waals surface area contributed by atoms with Gasteiger partial charge in [0.25, 0.3) is 0 Å². The van der Waals surface area contributed by atoms with E-state index in [1.165, 1.54) is 0 Å². The van der Waals surface area contributed by atoms with Crippen LogP contribution in [0.1, 0.15) is 27.2 Å². The number of nitrogens with zero attached hydrogens (tertiary/aromatic N) is 2. The molecule has 0 unspecified atom stereocenters. The molecule has 1 aromatic heterocycles. The van der Waals surface area contributed by atoms with E-state index in [0.717, 1.165) is 33.8 Å². The molecule has 4 rings (SSSR count). The van der Waals surface area contributed by atoms with E-state index in [0.29, 0.717) is 5.56 Å². The maximum atomic E-state index is 12.7. The zero-order valence-electron chi connectivity index (χ0n) is 16.5. The lowest BCUT2D eigenvalue weighted by Gasteiger charge is -2.09. The van der Waals surface area contributed by atoms with Crippen LogP contribution in [-0.2, 0) is 0 Å². The van der Waals surface area contributed by atoms with E-state index < -0.39 is 0 Å². The van der Waals surface area contributed by atoms with Gasteiger partial charge in [-0.1, -0.05) is 78.4 Å². The summed E-state index contributed by atoms with van der Waals surface area (Å²) in [6.07, 6.45) is 3.52. The SMILES string of the molecule is Cc1ccc(C(=O)/C=C/c2c(C)nn(-c3ccccc3)c2-c2ccccc2)cc1. The molecule has 3 nitrogen and oxygen atoms in total. The largest absolute Gasteiger partial charge is 0.289 e. The van der Waals surface area contributed by atoms with Crippen LogP contribution in [0.5, 0.6) is 0 Å². The van der Waals surface area contributed by atoms with Crippen LogP contribution in [0.2, 0.25) is 0 Å². The monoisotopic (exact) mass is 378 g/mol. The Morgan fingerprint density at radius 1 is 0.828 bits per heavy atom. The highest BCUT2D eigenvalue weighted by atomic mass is 16.1. The number of carbonyl (C=O) groups is 1. The van der Waals surface area contributed by atoms with E-state index in [1.54, 1.807) is 6.08 Å². The summed E-state index contributed by atoms with van der Waals surface area (Å²) in [5, 5.41) is 4.77. The number of allylic oxidation sites excluding steroid dienone is 1. The summed E-state index contributed by atoms with van der Waals surface area (Å²) < 4.78 is 1.95. The van der Waals surface area contributed by atoms with E-state index in [2.05, 4.69) is 12.1 Å². The molecule has 0 N–H and O–H groups in total. The lowest BCUT2D eigenvalue weighted by Crippen LogP contribution is -1.99. The molecule has 0 radical (unpaired) electrons. The van der Waals surface area contributed by atoms with Crippen LogP contribution >= 0.6 is 0 Å². The van der Waals surface area contributed by atoms with Crippen molar-refractivity contribution in [2.45, 2.75) is 13.8 Å². The summed E-state index contributed by atoms with van der Waals surface area (Å²) in [6, 6.07) is 27.8. The van der Waals surface area contributed by atoms with Gasteiger partial charge in [0.05, 0.1) is 17.1 Å². The molecule has 0 aliphatic heterocycles. The highest BCUT2D eigenvalue weighted by molar-refractivity contribution is 6.07. The van der Waals surface area contributed by atoms with Crippen molar-refractivity contribution in [2.75, 3.05) is 0 Å². The molecule has 0 atom stereocenters. The molecular weight excluding hydrogens is 356 g/mol. The molecule has 142 valence electrons. The summed E-state index contributed by atoms with van der Waals surface area (Å²) in [7, 11) is 0. The third kappa shape index (κ3) is 3.94. The van der Waals surface area contributed by atoms with Crippen LogP contribution in [0.25, 0.3) is 23.0 Å². The molecule has 0 saturated carbocycles. The van der Waals surface area contributed by atoms with Gasteiger partial charge in [0, 0.05) is 16.7 Å². The maximum absolute atomic E-state index is 12.7. The second-order valence-electron chi connectivity index (χ2n) is 7.02. The first kappa shape index (κ1) is 18.6. The Labute approximate surface area is 171 Å². The Hall–Kier alpha value is -3.72. The molecule has 0 bridgehead atoms. The second-order valence-corrected chi connectivity index (χ2v) is 7.02. The molecule has 0 amide bonds. The summed E-state index contributed by atoms with van der Waals surface area (Å²) in [6.45, 7) is 3.99. The fourth-order valence-electron chi connectivity index (χ4n) is 3.34. The van der Waals surface area contributed by atoms with Crippen molar-refractivity contribution in [3.05, 3.63) is 113 Å². The van der Waals surface area contributed by atoms with E-state index >= 15 is 0 Å². The Bertz CT molecular complexity index is 1150. The quantitative estimate of drug-likeness (QED) is 0.313. The summed E-state index contributed by atoms with van der Waals surface area (Å²) in [5.74, 6) is -0.0177. The first-order valence-corrected chi connectivity index (χ1v) is 9.63. The van der Waals surface area contributed by atoms with Gasteiger partial charge in [0.15, 0.2) is 5.78 Å². The van der Waals surface area contributed by atoms with Gasteiger partial charge >= 0.3 is 0 Å². The molecule has 0 fully saturated rings. The van der Waals surface area contributed by atoms with Crippen molar-refractivity contribution >= 4 is 11.9 Å². The van der Waals surface area contributed by atoms with E-state index in [4.69, 9.17) is 5.10 Å². The van der Waals surface area contributed by atoms with Crippen molar-refractivity contribution in [2.24, 2.45) is 0 Å². The lowest BCUT2D eigenvalue weighted by molar-refractivity contribution is 0.104. The molecular formula is C26H22N2O. The number of para-hydroxylation sites is 1. The standard InChI is InChI=1S/C26H22N2O/c1-19-13-15-21(16-14-19)25(29)18-17-24-20(2)27-28(23-11-7-4-8-12-23)26(24)22-9-5-3-6-10-22/h3-18H,1-2H3/b18-17+. The molecule has 0 aliphatic carbocycles. The number of rotatable bonds is 5. The average Bonchev–Trinajstić information content (AvgIpc) is 3.10. The fourth-order valence-corrected chi connectivity index (χ4v) is 3.34. The van der Waals surface area contributed by atoms with Gasteiger partial charge in [0.2, 0.25) is 0 Å². The van der Waals surface area contributed by atoms with Crippen molar-refractivity contribution in [3.63, 3.8) is 0 Å². The van der Waals surface area contributed by atoms with Gasteiger partial charge in [-0.2, -0.15) is 5.10 Å². The minimum atomic E-state index is -0.0177. The van der Waals surface area contributed by atoms with Gasteiger partial charge < -0.3 is 0 Å². The third-order valence-corrected chi connectivity index (χ3v) is 4.89. The van der Waals surface area contributed by atoms with E-state index in [1.807, 2.05) is 97.4 Å². The Balaban J connectivity index is 1.80. The molecule has 1 heterocycles. The molecule has 4 aromatic rings. The van der Waals surface area contributed by atoms with Gasteiger partial charge in [-0.15, -0.1) is 0 Å². The third-order valence-electron chi connectivity index (χ3n) is 4.89. The highest BCUT2D eigenvalue weighted by Gasteiger charge is 2.16. The van der Waals surface area contributed by atoms with Crippen molar-refractivity contribution in [1.29, 1.82) is 0 Å². The van der Waals surface area contributed by atoms with Gasteiger partial charge in [-0.25, -0.2) is 4.68 Å². The van der Waals surface area contributed by atoms with Crippen LogP contribution in [0.4, 0.5) is 0 Å². The number of ketones is 1. The second kappa shape index (κ2) is 8.11. The number of benzene rings is 3. The minimum absolute atomic E-state index is 0.0177. The van der Waals surface area contributed by atoms with Crippen LogP contribution < -0.4 is 0 Å². The molecule has 0 saturated heterocycles. The van der Waals surface area contributed by atoms with E-state index in [9.17, 15) is 4.79 Å². The predicted octanol–water partition coefficient (Wildman–Crippen LogP) is 6.05. The lowest BCUT2D eigenvalue weighted by atomic mass is 10.0. The number of hydrogen-bond acceptors (Lipinski definition) is 2. The first-order valence-electron chi connectivity index (χ1n) is 9.63. The van der Waals surface area contributed by atoms with Gasteiger partial charge in [-0.3, -0.25) is 4.79 Å². The highest BCUT2D eigenvalue weighted by Crippen LogP contribution is 2.30. The first-order chi connectivity index (χ1) is 14.1. The summed E-state index contributed by atoms with van der Waals surface area (Å²) in [5.41, 5.74) is 6.65. The summed E-state index contributed by atoms with van der Waals surface area (Å²) in [4.78, 5) is 12.7. The maximum Gasteiger partial charge on any atom is 0.185 e. The average molecular weight is 378 g/mol. The minimum Gasteiger partial charge on any atom is -0.289 e. The van der Waals surface area contributed by atoms with Gasteiger partial charge in [0.1, 0.15) is 0 Å². The zero-order valence-corrected chi connectivity index (χ0v) is 16.5. The Morgan fingerprint density at radius 2 is 1.45 bits per heavy atom. The number of aryl methyl sites for hydroxylation is 2. The molecule has 3 aromatic carbocycles. The Morgan fingerprint density at radius 3 is 2.10 bits per heavy atom. The number of carbonyl (C=O) groups excluding carboxylic acids is 1. The number of hydrogen-bond donors (Lipinski definition) is 0. The van der Waals surface area contributed by atoms with Crippen LogP contribution in [0.3, 0.4) is 0 Å². The molecule has 0 aliphatic rings. The zero-order chi connectivity index (χ0) is 20.2. The number of aromatic nitrogens is 2. The molecule has 3 heteroatoms. The van der Waals surface area contributed by atoms with Crippen molar-refractivity contribution < 1.29 is 4.79 Å². The van der Waals surface area contributed by atoms with Crippen LogP contribution in [-0.4, -0.2) is 15.6 Å². The van der Waals surface area contributed by atoms with Crippen molar-refractivity contribution in [3.8, 4) is 16.9 Å². The van der Waals surface area contributed by atoms with Crippen molar-refractivity contribution in [1.82, 2.24) is 9.78 Å². The van der Waals surface area contributed by atoms with Crippen LogP contribution in [0.15, 0.2) is 91.0 Å². The molecule has 29 heavy (non-hydrogen) atoms. The summed E-state index contributed by atoms with van der Waals surface area (Å²) >= 11 is 0.